The van der Waals surface area contributed by atoms with Gasteiger partial charge >= 0.3 is 0 Å². The number of rotatable bonds is 4. The molecule has 0 fully saturated rings. The van der Waals surface area contributed by atoms with Crippen LogP contribution in [-0.4, -0.2) is 20.0 Å². The van der Waals surface area contributed by atoms with Crippen LogP contribution in [0.5, 0.6) is 11.5 Å². The molecule has 0 aliphatic rings. The van der Waals surface area contributed by atoms with Crippen molar-refractivity contribution in [3.05, 3.63) is 69.8 Å². The van der Waals surface area contributed by atoms with Crippen LogP contribution in [0.15, 0.2) is 56.1 Å². The van der Waals surface area contributed by atoms with Crippen LogP contribution in [-0.2, 0) is 0 Å². The van der Waals surface area contributed by atoms with E-state index >= 15 is 0 Å². The van der Waals surface area contributed by atoms with Gasteiger partial charge in [0.1, 0.15) is 16.9 Å². The van der Waals surface area contributed by atoms with Gasteiger partial charge in [0, 0.05) is 11.6 Å². The molecule has 0 aliphatic carbocycles. The molecule has 0 bridgehead atoms. The topological polar surface area (TPSA) is 78.9 Å². The van der Waals surface area contributed by atoms with E-state index in [0.717, 1.165) is 0 Å². The first-order valence-corrected chi connectivity index (χ1v) is 8.26. The second kappa shape index (κ2) is 6.32. The van der Waals surface area contributed by atoms with Crippen LogP contribution in [0.25, 0.3) is 21.9 Å². The Bertz CT molecular complexity index is 1230. The van der Waals surface area contributed by atoms with Crippen LogP contribution in [0.2, 0.25) is 0 Å². The number of benzene rings is 2. The normalized spacial score (nSPS) is 11.1. The third-order valence-corrected chi connectivity index (χ3v) is 4.36. The van der Waals surface area contributed by atoms with Crippen molar-refractivity contribution < 1.29 is 23.1 Å². The first kappa shape index (κ1) is 16.9. The molecule has 6 heteroatoms. The van der Waals surface area contributed by atoms with Crippen LogP contribution in [0.1, 0.15) is 21.9 Å². The molecule has 0 saturated heterocycles. The number of methoxy groups -OCH3 is 2. The number of hydrogen-bond acceptors (Lipinski definition) is 6. The Hall–Kier alpha value is -3.54. The van der Waals surface area contributed by atoms with Crippen molar-refractivity contribution in [1.82, 2.24) is 0 Å². The maximum atomic E-state index is 12.8. The Morgan fingerprint density at radius 3 is 2.30 bits per heavy atom. The molecule has 0 saturated carbocycles. The highest BCUT2D eigenvalue weighted by molar-refractivity contribution is 6.13. The molecule has 4 rings (SSSR count). The number of hydrogen-bond donors (Lipinski definition) is 0. The lowest BCUT2D eigenvalue weighted by Gasteiger charge is -2.10. The number of furan rings is 1. The maximum absolute atomic E-state index is 12.8. The number of carbonyl (C=O) groups is 1. The quantitative estimate of drug-likeness (QED) is 0.507. The summed E-state index contributed by atoms with van der Waals surface area (Å²) < 4.78 is 22.5. The van der Waals surface area contributed by atoms with Gasteiger partial charge in [0.15, 0.2) is 22.4 Å². The molecule has 136 valence electrons. The zero-order chi connectivity index (χ0) is 19.1. The minimum atomic E-state index is -0.282. The van der Waals surface area contributed by atoms with Gasteiger partial charge in [-0.05, 0) is 13.0 Å². The summed E-state index contributed by atoms with van der Waals surface area (Å²) in [4.78, 5) is 25.3. The highest BCUT2D eigenvalue weighted by atomic mass is 16.5. The van der Waals surface area contributed by atoms with Gasteiger partial charge in [-0.2, -0.15) is 0 Å². The second-order valence-corrected chi connectivity index (χ2v) is 6.04. The predicted octanol–water partition coefficient (Wildman–Crippen LogP) is 4.10. The molecule has 0 N–H and O–H groups in total. The molecule has 0 unspecified atom stereocenters. The number of aryl methyl sites for hydroxylation is 1. The molecule has 0 amide bonds. The largest absolute Gasteiger partial charge is 0.495 e. The van der Waals surface area contributed by atoms with Gasteiger partial charge in [-0.15, -0.1) is 0 Å². The van der Waals surface area contributed by atoms with E-state index in [-0.39, 0.29) is 45.0 Å². The minimum Gasteiger partial charge on any atom is -0.495 e. The summed E-state index contributed by atoms with van der Waals surface area (Å²) in [6.07, 6.45) is 0. The molecule has 27 heavy (non-hydrogen) atoms. The smallest absolute Gasteiger partial charge is 0.228 e. The van der Waals surface area contributed by atoms with Crippen molar-refractivity contribution >= 4 is 27.7 Å². The van der Waals surface area contributed by atoms with E-state index in [4.69, 9.17) is 18.3 Å². The van der Waals surface area contributed by atoms with Crippen LogP contribution in [0.3, 0.4) is 0 Å². The fourth-order valence-corrected chi connectivity index (χ4v) is 3.19. The monoisotopic (exact) mass is 364 g/mol. The summed E-state index contributed by atoms with van der Waals surface area (Å²) in [5.41, 5.74) is 0.738. The Kier molecular flexibility index (Phi) is 3.96. The lowest BCUT2D eigenvalue weighted by molar-refractivity contribution is 0.101. The van der Waals surface area contributed by atoms with E-state index in [1.54, 1.807) is 37.3 Å². The Morgan fingerprint density at radius 1 is 0.926 bits per heavy atom. The highest BCUT2D eigenvalue weighted by Gasteiger charge is 2.25. The summed E-state index contributed by atoms with van der Waals surface area (Å²) in [5.74, 6) is 0.793. The maximum Gasteiger partial charge on any atom is 0.228 e. The number of ether oxygens (including phenoxy) is 2. The van der Waals surface area contributed by atoms with Crippen molar-refractivity contribution in [3.8, 4) is 11.5 Å². The first-order chi connectivity index (χ1) is 13.0. The van der Waals surface area contributed by atoms with Crippen LogP contribution in [0.4, 0.5) is 0 Å². The van der Waals surface area contributed by atoms with Crippen LogP contribution in [0, 0.1) is 6.92 Å². The van der Waals surface area contributed by atoms with E-state index in [9.17, 15) is 9.59 Å². The summed E-state index contributed by atoms with van der Waals surface area (Å²) >= 11 is 0. The SMILES string of the molecule is COc1c2oc(C(=O)c3ccccc3)cc2c(OC)c2c(=O)cc(C)oc12. The Balaban J connectivity index is 2.08. The molecule has 2 heterocycles. The molecule has 2 aromatic carbocycles. The third kappa shape index (κ3) is 2.57. The van der Waals surface area contributed by atoms with Crippen molar-refractivity contribution in [2.45, 2.75) is 6.92 Å². The molecule has 0 radical (unpaired) electrons. The van der Waals surface area contributed by atoms with Crippen LogP contribution >= 0.6 is 0 Å². The summed E-state index contributed by atoms with van der Waals surface area (Å²) in [6.45, 7) is 1.67. The molecule has 0 atom stereocenters. The van der Waals surface area contributed by atoms with Crippen molar-refractivity contribution in [3.63, 3.8) is 0 Å². The van der Waals surface area contributed by atoms with Gasteiger partial charge in [-0.25, -0.2) is 0 Å². The number of carbonyl (C=O) groups excluding carboxylic acids is 1. The van der Waals surface area contributed by atoms with E-state index in [2.05, 4.69) is 0 Å². The highest BCUT2D eigenvalue weighted by Crippen LogP contribution is 2.43. The van der Waals surface area contributed by atoms with Gasteiger partial charge < -0.3 is 18.3 Å². The zero-order valence-electron chi connectivity index (χ0n) is 15.0. The summed E-state index contributed by atoms with van der Waals surface area (Å²) in [6, 6.07) is 11.7. The van der Waals surface area contributed by atoms with E-state index in [0.29, 0.717) is 16.7 Å². The van der Waals surface area contributed by atoms with Crippen molar-refractivity contribution in [1.29, 1.82) is 0 Å². The Labute approximate surface area is 153 Å². The lowest BCUT2D eigenvalue weighted by atomic mass is 10.1. The van der Waals surface area contributed by atoms with Crippen molar-refractivity contribution in [2.75, 3.05) is 14.2 Å². The molecule has 6 nitrogen and oxygen atoms in total. The van der Waals surface area contributed by atoms with Crippen LogP contribution < -0.4 is 14.9 Å². The molecule has 2 aromatic heterocycles. The lowest BCUT2D eigenvalue weighted by Crippen LogP contribution is -2.04. The van der Waals surface area contributed by atoms with E-state index < -0.39 is 0 Å². The second-order valence-electron chi connectivity index (χ2n) is 6.04. The standard InChI is InChI=1S/C21H16O6/c1-11-9-14(22)16-18(24-2)13-10-15(17(23)12-7-5-4-6-8-12)27-19(13)21(25-3)20(16)26-11/h4-10H,1-3H3. The van der Waals surface area contributed by atoms with Gasteiger partial charge in [-0.3, -0.25) is 9.59 Å². The van der Waals surface area contributed by atoms with E-state index in [1.807, 2.05) is 6.07 Å². The number of fused-ring (bicyclic) bond motifs is 2. The summed E-state index contributed by atoms with van der Waals surface area (Å²) in [5, 5.41) is 0.712. The van der Waals surface area contributed by atoms with Gasteiger partial charge in [-0.1, -0.05) is 30.3 Å². The van der Waals surface area contributed by atoms with E-state index in [1.165, 1.54) is 20.3 Å². The average molecular weight is 364 g/mol. The minimum absolute atomic E-state index is 0.118. The molecular formula is C21H16O6. The van der Waals surface area contributed by atoms with Crippen molar-refractivity contribution in [2.24, 2.45) is 0 Å². The molecule has 0 spiro atoms. The molecule has 4 aromatic rings. The fourth-order valence-electron chi connectivity index (χ4n) is 3.19. The molecule has 0 aliphatic heterocycles. The Morgan fingerprint density at radius 2 is 1.63 bits per heavy atom. The first-order valence-electron chi connectivity index (χ1n) is 8.26. The van der Waals surface area contributed by atoms with Gasteiger partial charge in [0.05, 0.1) is 19.6 Å². The van der Waals surface area contributed by atoms with Gasteiger partial charge in [0.25, 0.3) is 0 Å². The fraction of sp³-hybridized carbons (Fsp3) is 0.143. The predicted molar refractivity (Wildman–Crippen MR) is 100.0 cm³/mol. The molecular weight excluding hydrogens is 348 g/mol. The summed E-state index contributed by atoms with van der Waals surface area (Å²) in [7, 11) is 2.90. The third-order valence-electron chi connectivity index (χ3n) is 4.36. The number of ketones is 1. The average Bonchev–Trinajstić information content (AvgIpc) is 3.11. The zero-order valence-corrected chi connectivity index (χ0v) is 15.0. The van der Waals surface area contributed by atoms with Gasteiger partial charge in [0.2, 0.25) is 11.5 Å².